The lowest BCUT2D eigenvalue weighted by atomic mass is 9.98. The molecule has 32 heavy (non-hydrogen) atoms. The second kappa shape index (κ2) is 11.5. The summed E-state index contributed by atoms with van der Waals surface area (Å²) in [6.45, 7) is 4.21. The quantitative estimate of drug-likeness (QED) is 0.280. The number of rotatable bonds is 7. The largest absolute Gasteiger partial charge is 0.463 e. The van der Waals surface area contributed by atoms with E-state index in [2.05, 4.69) is 11.8 Å². The molecule has 0 saturated heterocycles. The summed E-state index contributed by atoms with van der Waals surface area (Å²) in [6.07, 6.45) is 2.54. The first-order chi connectivity index (χ1) is 15.6. The highest BCUT2D eigenvalue weighted by molar-refractivity contribution is 5.97. The number of carbonyl (C=O) groups is 2. The van der Waals surface area contributed by atoms with Crippen molar-refractivity contribution in [3.8, 4) is 11.8 Å². The third-order valence-corrected chi connectivity index (χ3v) is 4.82. The molecule has 3 aromatic carbocycles. The lowest BCUT2D eigenvalue weighted by Gasteiger charge is -2.08. The number of carbonyl (C=O) groups excluding carboxylic acids is 2. The van der Waals surface area contributed by atoms with Crippen LogP contribution in [-0.2, 0) is 20.7 Å². The van der Waals surface area contributed by atoms with E-state index in [0.717, 1.165) is 21.9 Å². The van der Waals surface area contributed by atoms with E-state index in [-0.39, 0.29) is 18.4 Å². The third kappa shape index (κ3) is 6.09. The predicted molar refractivity (Wildman–Crippen MR) is 127 cm³/mol. The zero-order valence-electron chi connectivity index (χ0n) is 18.4. The molecule has 0 heterocycles. The standard InChI is InChI=1S/C28H26O4/c1-3-31-27(29)24(18-21-12-6-5-7-13-21)16-9-8-14-22-19-25(28(30)32-4-2)20-23-15-10-11-17-26(22)23/h5-7,10-13,15,17-20H,3-4,14,16H2,1-2H3/b24-18-. The molecule has 0 bridgehead atoms. The van der Waals surface area contributed by atoms with E-state index in [1.165, 1.54) is 0 Å². The van der Waals surface area contributed by atoms with Crippen LogP contribution >= 0.6 is 0 Å². The van der Waals surface area contributed by atoms with E-state index in [1.807, 2.05) is 72.8 Å². The highest BCUT2D eigenvalue weighted by Crippen LogP contribution is 2.22. The zero-order chi connectivity index (χ0) is 22.8. The van der Waals surface area contributed by atoms with Gasteiger partial charge in [0, 0.05) is 18.4 Å². The Bertz CT molecular complexity index is 1180. The summed E-state index contributed by atoms with van der Waals surface area (Å²) >= 11 is 0. The first-order valence-corrected chi connectivity index (χ1v) is 10.7. The molecule has 0 spiro atoms. The summed E-state index contributed by atoms with van der Waals surface area (Å²) in [5.41, 5.74) is 2.89. The normalized spacial score (nSPS) is 10.9. The van der Waals surface area contributed by atoms with Gasteiger partial charge in [0.05, 0.1) is 18.8 Å². The van der Waals surface area contributed by atoms with Gasteiger partial charge < -0.3 is 9.47 Å². The van der Waals surface area contributed by atoms with Gasteiger partial charge in [-0.05, 0) is 54.0 Å². The number of benzene rings is 3. The van der Waals surface area contributed by atoms with Crippen LogP contribution in [0.1, 0.15) is 41.8 Å². The summed E-state index contributed by atoms with van der Waals surface area (Å²) in [5.74, 6) is 5.55. The fourth-order valence-corrected chi connectivity index (χ4v) is 3.34. The minimum atomic E-state index is -0.361. The van der Waals surface area contributed by atoms with E-state index < -0.39 is 0 Å². The second-order valence-corrected chi connectivity index (χ2v) is 7.08. The van der Waals surface area contributed by atoms with Crippen LogP contribution in [0.15, 0.2) is 72.3 Å². The molecule has 0 amide bonds. The van der Waals surface area contributed by atoms with E-state index in [0.29, 0.717) is 30.8 Å². The minimum absolute atomic E-state index is 0.281. The average Bonchev–Trinajstić information content (AvgIpc) is 2.81. The Morgan fingerprint density at radius 1 is 0.875 bits per heavy atom. The van der Waals surface area contributed by atoms with Gasteiger partial charge in [-0.3, -0.25) is 0 Å². The number of hydrogen-bond acceptors (Lipinski definition) is 4. The van der Waals surface area contributed by atoms with Crippen LogP contribution in [0.3, 0.4) is 0 Å². The van der Waals surface area contributed by atoms with E-state index >= 15 is 0 Å². The van der Waals surface area contributed by atoms with Gasteiger partial charge in [-0.25, -0.2) is 9.59 Å². The Balaban J connectivity index is 1.84. The number of ether oxygens (including phenoxy) is 2. The number of fused-ring (bicyclic) bond motifs is 1. The maximum atomic E-state index is 12.4. The monoisotopic (exact) mass is 426 g/mol. The van der Waals surface area contributed by atoms with Crippen molar-refractivity contribution in [2.24, 2.45) is 0 Å². The van der Waals surface area contributed by atoms with Crippen LogP contribution in [-0.4, -0.2) is 25.2 Å². The molecule has 0 N–H and O–H groups in total. The minimum Gasteiger partial charge on any atom is -0.463 e. The van der Waals surface area contributed by atoms with Gasteiger partial charge in [-0.15, -0.1) is 0 Å². The summed E-state index contributed by atoms with van der Waals surface area (Å²) in [6, 6.07) is 21.2. The van der Waals surface area contributed by atoms with Crippen LogP contribution in [0.5, 0.6) is 0 Å². The van der Waals surface area contributed by atoms with Gasteiger partial charge in [0.1, 0.15) is 0 Å². The van der Waals surface area contributed by atoms with Gasteiger partial charge in [0.2, 0.25) is 0 Å². The lowest BCUT2D eigenvalue weighted by molar-refractivity contribution is -0.138. The molecule has 4 heteroatoms. The van der Waals surface area contributed by atoms with Gasteiger partial charge in [-0.2, -0.15) is 0 Å². The molecule has 3 aromatic rings. The Morgan fingerprint density at radius 2 is 1.59 bits per heavy atom. The Hall–Kier alpha value is -3.84. The summed E-state index contributed by atoms with van der Waals surface area (Å²) in [7, 11) is 0. The molecule has 162 valence electrons. The van der Waals surface area contributed by atoms with Crippen LogP contribution < -0.4 is 0 Å². The molecule has 0 radical (unpaired) electrons. The molecule has 0 atom stereocenters. The van der Waals surface area contributed by atoms with Gasteiger partial charge in [-0.1, -0.05) is 66.4 Å². The fourth-order valence-electron chi connectivity index (χ4n) is 3.34. The molecule has 0 aliphatic heterocycles. The van der Waals surface area contributed by atoms with Gasteiger partial charge in [0.25, 0.3) is 0 Å². The number of hydrogen-bond donors (Lipinski definition) is 0. The van der Waals surface area contributed by atoms with Crippen molar-refractivity contribution < 1.29 is 19.1 Å². The topological polar surface area (TPSA) is 52.6 Å². The first-order valence-electron chi connectivity index (χ1n) is 10.7. The third-order valence-electron chi connectivity index (χ3n) is 4.82. The molecule has 4 nitrogen and oxygen atoms in total. The van der Waals surface area contributed by atoms with Gasteiger partial charge in [0.15, 0.2) is 0 Å². The molecule has 0 fully saturated rings. The molecule has 0 saturated carbocycles. The SMILES string of the molecule is CCOC(=O)/C(=C\c1ccccc1)CC#CCc1cc(C(=O)OCC)cc2ccccc12. The molecule has 0 aliphatic rings. The zero-order valence-corrected chi connectivity index (χ0v) is 18.4. The van der Waals surface area contributed by atoms with Crippen molar-refractivity contribution in [1.29, 1.82) is 0 Å². The molecule has 3 rings (SSSR count). The summed E-state index contributed by atoms with van der Waals surface area (Å²) in [5, 5.41) is 2.01. The van der Waals surface area contributed by atoms with E-state index in [4.69, 9.17) is 9.47 Å². The summed E-state index contributed by atoms with van der Waals surface area (Å²) < 4.78 is 10.3. The van der Waals surface area contributed by atoms with Crippen molar-refractivity contribution >= 4 is 28.8 Å². The number of esters is 2. The van der Waals surface area contributed by atoms with Crippen molar-refractivity contribution in [2.75, 3.05) is 13.2 Å². The maximum Gasteiger partial charge on any atom is 0.338 e. The molecular weight excluding hydrogens is 400 g/mol. The predicted octanol–water partition coefficient (Wildman–Crippen LogP) is 5.60. The van der Waals surface area contributed by atoms with Crippen molar-refractivity contribution in [2.45, 2.75) is 26.7 Å². The molecule has 0 unspecified atom stereocenters. The Morgan fingerprint density at radius 3 is 2.34 bits per heavy atom. The van der Waals surface area contributed by atoms with Crippen LogP contribution in [0.4, 0.5) is 0 Å². The van der Waals surface area contributed by atoms with E-state index in [1.54, 1.807) is 13.8 Å². The van der Waals surface area contributed by atoms with Crippen LogP contribution in [0.2, 0.25) is 0 Å². The van der Waals surface area contributed by atoms with Crippen molar-refractivity contribution in [1.82, 2.24) is 0 Å². The van der Waals surface area contributed by atoms with E-state index in [9.17, 15) is 9.59 Å². The average molecular weight is 427 g/mol. The Labute approximate surface area is 188 Å². The Kier molecular flexibility index (Phi) is 8.22. The van der Waals surface area contributed by atoms with Crippen molar-refractivity contribution in [3.05, 3.63) is 89.0 Å². The molecule has 0 aliphatic carbocycles. The second-order valence-electron chi connectivity index (χ2n) is 7.08. The molecule has 0 aromatic heterocycles. The smallest absolute Gasteiger partial charge is 0.338 e. The highest BCUT2D eigenvalue weighted by atomic mass is 16.5. The van der Waals surface area contributed by atoms with Crippen LogP contribution in [0, 0.1) is 11.8 Å². The van der Waals surface area contributed by atoms with Crippen molar-refractivity contribution in [3.63, 3.8) is 0 Å². The lowest BCUT2D eigenvalue weighted by Crippen LogP contribution is -2.07. The highest BCUT2D eigenvalue weighted by Gasteiger charge is 2.11. The van der Waals surface area contributed by atoms with Gasteiger partial charge >= 0.3 is 11.9 Å². The first kappa shape index (κ1) is 22.8. The maximum absolute atomic E-state index is 12.4. The molecular formula is C28H26O4. The summed E-state index contributed by atoms with van der Waals surface area (Å²) in [4.78, 5) is 24.6. The van der Waals surface area contributed by atoms with Crippen LogP contribution in [0.25, 0.3) is 16.8 Å². The fraction of sp³-hybridized carbons (Fsp3) is 0.214.